The van der Waals surface area contributed by atoms with Crippen molar-refractivity contribution in [2.45, 2.75) is 6.54 Å². The van der Waals surface area contributed by atoms with E-state index in [2.05, 4.69) is 26.1 Å². The minimum Gasteiger partial charge on any atom is -0.504 e. The molecule has 0 fully saturated rings. The molecule has 0 saturated carbocycles. The molecule has 1 aromatic carbocycles. The number of ether oxygens (including phenoxy) is 1. The predicted molar refractivity (Wildman–Crippen MR) is 63.5 cm³/mol. The van der Waals surface area contributed by atoms with Gasteiger partial charge in [0.1, 0.15) is 0 Å². The number of nitrogens with zero attached hydrogens (tertiary/aromatic N) is 2. The van der Waals surface area contributed by atoms with Crippen LogP contribution in [0.3, 0.4) is 0 Å². The molecular formula is C10H9BrFN3O3. The number of hydrogen-bond donors (Lipinski definition) is 2. The number of nitrogens with two attached hydrogens (primary N) is 1. The van der Waals surface area contributed by atoms with Crippen LogP contribution in [0, 0.1) is 5.82 Å². The molecule has 96 valence electrons. The van der Waals surface area contributed by atoms with E-state index in [0.29, 0.717) is 4.47 Å². The number of aromatic hydroxyl groups is 1. The van der Waals surface area contributed by atoms with E-state index < -0.39 is 11.6 Å². The maximum absolute atomic E-state index is 13.8. The maximum Gasteiger partial charge on any atom is 0.240 e. The van der Waals surface area contributed by atoms with E-state index in [1.165, 1.54) is 13.2 Å². The molecule has 0 radical (unpaired) electrons. The lowest BCUT2D eigenvalue weighted by Gasteiger charge is -2.08. The Bertz CT molecular complexity index is 588. The topological polar surface area (TPSA) is 94.4 Å². The Morgan fingerprint density at radius 2 is 2.33 bits per heavy atom. The van der Waals surface area contributed by atoms with Crippen LogP contribution < -0.4 is 10.5 Å². The molecule has 8 heteroatoms. The van der Waals surface area contributed by atoms with Crippen molar-refractivity contribution in [1.29, 1.82) is 0 Å². The van der Waals surface area contributed by atoms with Crippen molar-refractivity contribution < 1.29 is 18.8 Å². The van der Waals surface area contributed by atoms with E-state index in [1.54, 1.807) is 0 Å². The maximum atomic E-state index is 13.8. The third kappa shape index (κ3) is 2.04. The first-order valence-electron chi connectivity index (χ1n) is 4.86. The summed E-state index contributed by atoms with van der Waals surface area (Å²) in [5.41, 5.74) is 5.41. The van der Waals surface area contributed by atoms with Gasteiger partial charge in [-0.1, -0.05) is 5.16 Å². The molecule has 2 aromatic rings. The summed E-state index contributed by atoms with van der Waals surface area (Å²) in [5.74, 6) is -1.37. The lowest BCUT2D eigenvalue weighted by Crippen LogP contribution is -1.96. The van der Waals surface area contributed by atoms with Crippen molar-refractivity contribution in [1.82, 2.24) is 10.1 Å². The summed E-state index contributed by atoms with van der Waals surface area (Å²) in [7, 11) is 1.29. The Labute approximate surface area is 110 Å². The second-order valence-electron chi connectivity index (χ2n) is 3.32. The Kier molecular flexibility index (Phi) is 3.48. The first-order chi connectivity index (χ1) is 8.58. The van der Waals surface area contributed by atoms with Crippen LogP contribution in [0.4, 0.5) is 4.39 Å². The van der Waals surface area contributed by atoms with Crippen molar-refractivity contribution in [2.75, 3.05) is 7.11 Å². The number of phenols is 1. The minimum atomic E-state index is -0.902. The summed E-state index contributed by atoms with van der Waals surface area (Å²) in [6.07, 6.45) is 0. The molecule has 18 heavy (non-hydrogen) atoms. The highest BCUT2D eigenvalue weighted by Gasteiger charge is 2.21. The van der Waals surface area contributed by atoms with Gasteiger partial charge in [0.05, 0.1) is 23.7 Å². The molecule has 0 aliphatic carbocycles. The molecule has 3 N–H and O–H groups in total. The largest absolute Gasteiger partial charge is 0.504 e. The lowest BCUT2D eigenvalue weighted by molar-refractivity contribution is 0.362. The average molecular weight is 318 g/mol. The standard InChI is InChI=1S/C10H9BrFN3O3/c1-17-9-5(11)2-4(8(16)7(9)12)10-14-6(3-13)18-15-10/h2,16H,3,13H2,1H3. The number of halogens is 2. The molecule has 0 unspecified atom stereocenters. The van der Waals surface area contributed by atoms with Crippen LogP contribution in [0.15, 0.2) is 15.1 Å². The summed E-state index contributed by atoms with van der Waals surface area (Å²) in [5, 5.41) is 13.3. The second-order valence-corrected chi connectivity index (χ2v) is 4.17. The van der Waals surface area contributed by atoms with E-state index in [-0.39, 0.29) is 29.6 Å². The van der Waals surface area contributed by atoms with E-state index in [9.17, 15) is 9.50 Å². The molecule has 0 aliphatic rings. The number of rotatable bonds is 3. The van der Waals surface area contributed by atoms with Crippen molar-refractivity contribution in [3.63, 3.8) is 0 Å². The van der Waals surface area contributed by atoms with Gasteiger partial charge in [-0.3, -0.25) is 0 Å². The van der Waals surface area contributed by atoms with Gasteiger partial charge in [-0.2, -0.15) is 9.37 Å². The van der Waals surface area contributed by atoms with E-state index in [4.69, 9.17) is 15.0 Å². The van der Waals surface area contributed by atoms with Gasteiger partial charge >= 0.3 is 0 Å². The minimum absolute atomic E-state index is 0.0511. The second kappa shape index (κ2) is 4.91. The van der Waals surface area contributed by atoms with Gasteiger partial charge < -0.3 is 20.1 Å². The van der Waals surface area contributed by atoms with Crippen molar-refractivity contribution >= 4 is 15.9 Å². The summed E-state index contributed by atoms with van der Waals surface area (Å²) in [6, 6.07) is 1.43. The quantitative estimate of drug-likeness (QED) is 0.896. The van der Waals surface area contributed by atoms with E-state index in [0.717, 1.165) is 0 Å². The molecule has 0 amide bonds. The number of phenolic OH excluding ortho intramolecular Hbond substituents is 1. The lowest BCUT2D eigenvalue weighted by atomic mass is 10.1. The fourth-order valence-electron chi connectivity index (χ4n) is 1.40. The first-order valence-corrected chi connectivity index (χ1v) is 5.65. The van der Waals surface area contributed by atoms with Gasteiger partial charge in [0.15, 0.2) is 11.5 Å². The van der Waals surface area contributed by atoms with E-state index in [1.807, 2.05) is 0 Å². The van der Waals surface area contributed by atoms with Gasteiger partial charge in [0.25, 0.3) is 0 Å². The van der Waals surface area contributed by atoms with Crippen molar-refractivity contribution in [2.24, 2.45) is 5.73 Å². The fourth-order valence-corrected chi connectivity index (χ4v) is 1.96. The van der Waals surface area contributed by atoms with Crippen LogP contribution in [-0.4, -0.2) is 22.4 Å². The molecule has 0 aliphatic heterocycles. The fraction of sp³-hybridized carbons (Fsp3) is 0.200. The molecule has 2 rings (SSSR count). The van der Waals surface area contributed by atoms with E-state index >= 15 is 0 Å². The smallest absolute Gasteiger partial charge is 0.240 e. The third-order valence-electron chi connectivity index (χ3n) is 2.24. The predicted octanol–water partition coefficient (Wildman–Crippen LogP) is 1.81. The highest BCUT2D eigenvalue weighted by atomic mass is 79.9. The molecule has 1 heterocycles. The Morgan fingerprint density at radius 1 is 1.61 bits per heavy atom. The van der Waals surface area contributed by atoms with Crippen LogP contribution in [0.2, 0.25) is 0 Å². The monoisotopic (exact) mass is 317 g/mol. The van der Waals surface area contributed by atoms with Gasteiger partial charge in [-0.05, 0) is 22.0 Å². The summed E-state index contributed by atoms with van der Waals surface area (Å²) in [4.78, 5) is 3.91. The zero-order chi connectivity index (χ0) is 13.3. The van der Waals surface area contributed by atoms with Gasteiger partial charge in [-0.25, -0.2) is 0 Å². The number of hydrogen-bond acceptors (Lipinski definition) is 6. The molecule has 0 bridgehead atoms. The highest BCUT2D eigenvalue weighted by Crippen LogP contribution is 2.40. The Balaban J connectivity index is 2.58. The SMILES string of the molecule is COc1c(Br)cc(-c2noc(CN)n2)c(O)c1F. The zero-order valence-electron chi connectivity index (χ0n) is 9.28. The first kappa shape index (κ1) is 12.8. The van der Waals surface area contributed by atoms with Gasteiger partial charge in [0, 0.05) is 0 Å². The summed E-state index contributed by atoms with van der Waals surface area (Å²) < 4.78 is 23.7. The zero-order valence-corrected chi connectivity index (χ0v) is 10.9. The number of benzene rings is 1. The Hall–Kier alpha value is -1.67. The van der Waals surface area contributed by atoms with Crippen molar-refractivity contribution in [3.8, 4) is 22.9 Å². The number of methoxy groups -OCH3 is 1. The highest BCUT2D eigenvalue weighted by molar-refractivity contribution is 9.10. The molecule has 0 atom stereocenters. The number of aromatic nitrogens is 2. The molecule has 6 nitrogen and oxygen atoms in total. The molecule has 1 aromatic heterocycles. The summed E-state index contributed by atoms with van der Waals surface area (Å²) >= 11 is 3.13. The van der Waals surface area contributed by atoms with Crippen LogP contribution in [-0.2, 0) is 6.54 Å². The van der Waals surface area contributed by atoms with Crippen molar-refractivity contribution in [3.05, 3.63) is 22.2 Å². The van der Waals surface area contributed by atoms with Crippen LogP contribution in [0.1, 0.15) is 5.89 Å². The third-order valence-corrected chi connectivity index (χ3v) is 2.83. The van der Waals surface area contributed by atoms with Gasteiger partial charge in [0.2, 0.25) is 17.5 Å². The molecular weight excluding hydrogens is 309 g/mol. The normalized spacial score (nSPS) is 10.7. The van der Waals surface area contributed by atoms with Crippen LogP contribution in [0.5, 0.6) is 11.5 Å². The van der Waals surface area contributed by atoms with Gasteiger partial charge in [-0.15, -0.1) is 0 Å². The van der Waals surface area contributed by atoms with Crippen LogP contribution in [0.25, 0.3) is 11.4 Å². The molecule has 0 saturated heterocycles. The average Bonchev–Trinajstić information content (AvgIpc) is 2.83. The van der Waals surface area contributed by atoms with Crippen LogP contribution >= 0.6 is 15.9 Å². The Morgan fingerprint density at radius 3 is 2.89 bits per heavy atom. The summed E-state index contributed by atoms with van der Waals surface area (Å²) in [6.45, 7) is 0.0631. The molecule has 0 spiro atoms.